The summed E-state index contributed by atoms with van der Waals surface area (Å²) in [4.78, 5) is 18.1. The molecule has 1 aliphatic carbocycles. The topological polar surface area (TPSA) is 53.9 Å². The van der Waals surface area contributed by atoms with Gasteiger partial charge in [-0.3, -0.25) is 14.4 Å². The Balaban J connectivity index is 1.96. The van der Waals surface area contributed by atoms with Gasteiger partial charge in [-0.25, -0.2) is 0 Å². The Kier molecular flexibility index (Phi) is 3.56. The molecule has 1 fully saturated rings. The highest BCUT2D eigenvalue weighted by molar-refractivity contribution is 5.84. The molecule has 124 valence electrons. The van der Waals surface area contributed by atoms with Gasteiger partial charge in [0.05, 0.1) is 11.7 Å². The summed E-state index contributed by atoms with van der Waals surface area (Å²) in [6, 6.07) is 0.911. The van der Waals surface area contributed by atoms with Crippen molar-refractivity contribution in [1.82, 2.24) is 19.7 Å². The lowest BCUT2D eigenvalue weighted by Gasteiger charge is -2.27. The number of nitrogens with one attached hydrogen (secondary N) is 1. The van der Waals surface area contributed by atoms with Crippen LogP contribution in [0, 0.1) is 0 Å². The van der Waals surface area contributed by atoms with Crippen LogP contribution in [0.3, 0.4) is 0 Å². The molecule has 0 saturated carbocycles. The van der Waals surface area contributed by atoms with Gasteiger partial charge >= 0.3 is 0 Å². The van der Waals surface area contributed by atoms with E-state index in [2.05, 4.69) is 23.7 Å². The van der Waals surface area contributed by atoms with Crippen molar-refractivity contribution in [2.75, 3.05) is 6.54 Å². The molecule has 2 aliphatic rings. The number of aromatic nitrogens is 3. The van der Waals surface area contributed by atoms with Crippen LogP contribution in [-0.4, -0.2) is 32.3 Å². The van der Waals surface area contributed by atoms with Crippen molar-refractivity contribution in [2.24, 2.45) is 7.05 Å². The Bertz CT molecular complexity index is 801. The number of hydrogen-bond acceptors (Lipinski definition) is 3. The Hall–Kier alpha value is -1.62. The average molecular weight is 314 g/mol. The van der Waals surface area contributed by atoms with Crippen LogP contribution in [0.15, 0.2) is 4.79 Å². The zero-order valence-corrected chi connectivity index (χ0v) is 14.4. The van der Waals surface area contributed by atoms with Crippen molar-refractivity contribution in [3.63, 3.8) is 0 Å². The minimum absolute atomic E-state index is 0.0916. The van der Waals surface area contributed by atoms with E-state index in [-0.39, 0.29) is 5.56 Å². The van der Waals surface area contributed by atoms with E-state index in [0.717, 1.165) is 43.4 Å². The van der Waals surface area contributed by atoms with Crippen LogP contribution in [0.25, 0.3) is 11.0 Å². The van der Waals surface area contributed by atoms with Gasteiger partial charge in [-0.1, -0.05) is 0 Å². The monoisotopic (exact) mass is 314 g/mol. The number of rotatable bonds is 2. The Morgan fingerprint density at radius 2 is 1.91 bits per heavy atom. The lowest BCUT2D eigenvalue weighted by Crippen LogP contribution is -2.30. The van der Waals surface area contributed by atoms with Gasteiger partial charge < -0.3 is 4.98 Å². The molecule has 5 nitrogen and oxygen atoms in total. The Morgan fingerprint density at radius 3 is 2.65 bits per heavy atom. The number of aryl methyl sites for hydroxylation is 2. The number of aromatic amines is 1. The predicted octanol–water partition coefficient (Wildman–Crippen LogP) is 2.69. The molecular weight excluding hydrogens is 288 g/mol. The van der Waals surface area contributed by atoms with Crippen LogP contribution < -0.4 is 5.56 Å². The molecule has 5 heteroatoms. The summed E-state index contributed by atoms with van der Waals surface area (Å²) in [5, 5.41) is 6.09. The first-order valence-corrected chi connectivity index (χ1v) is 8.94. The molecule has 0 radical (unpaired) electrons. The van der Waals surface area contributed by atoms with Crippen molar-refractivity contribution in [3.05, 3.63) is 27.2 Å². The van der Waals surface area contributed by atoms with Crippen LogP contribution in [0.2, 0.25) is 0 Å². The molecule has 0 amide bonds. The largest absolute Gasteiger partial charge is 0.307 e. The molecule has 1 saturated heterocycles. The molecule has 1 N–H and O–H groups in total. The molecule has 0 unspecified atom stereocenters. The second kappa shape index (κ2) is 5.48. The molecule has 3 heterocycles. The first kappa shape index (κ1) is 14.9. The average Bonchev–Trinajstić information content (AvgIpc) is 3.13. The minimum Gasteiger partial charge on any atom is -0.307 e. The summed E-state index contributed by atoms with van der Waals surface area (Å²) in [7, 11) is 1.95. The molecule has 4 rings (SSSR count). The first-order chi connectivity index (χ1) is 11.1. The molecule has 2 aromatic rings. The quantitative estimate of drug-likeness (QED) is 0.927. The van der Waals surface area contributed by atoms with E-state index >= 15 is 0 Å². The molecular formula is C18H26N4O. The van der Waals surface area contributed by atoms with Gasteiger partial charge in [0.15, 0.2) is 0 Å². The fourth-order valence-electron chi connectivity index (χ4n) is 4.53. The molecule has 0 aromatic carbocycles. The van der Waals surface area contributed by atoms with E-state index in [1.165, 1.54) is 29.5 Å². The van der Waals surface area contributed by atoms with Gasteiger partial charge in [0.1, 0.15) is 5.65 Å². The summed E-state index contributed by atoms with van der Waals surface area (Å²) in [5.41, 5.74) is 4.46. The van der Waals surface area contributed by atoms with Crippen molar-refractivity contribution >= 4 is 11.0 Å². The SMILES string of the molecule is CC(C)N1CCC[C@H]1c1nn(C)c2[nH]c(=O)c3c(c12)CCCC3. The van der Waals surface area contributed by atoms with Crippen LogP contribution in [0.1, 0.15) is 62.4 Å². The summed E-state index contributed by atoms with van der Waals surface area (Å²) in [5.74, 6) is 0. The van der Waals surface area contributed by atoms with Crippen molar-refractivity contribution in [3.8, 4) is 0 Å². The zero-order chi connectivity index (χ0) is 16.1. The lowest BCUT2D eigenvalue weighted by molar-refractivity contribution is 0.202. The third-order valence-corrected chi connectivity index (χ3v) is 5.62. The number of nitrogens with zero attached hydrogens (tertiary/aromatic N) is 3. The van der Waals surface area contributed by atoms with Crippen LogP contribution in [0.4, 0.5) is 0 Å². The van der Waals surface area contributed by atoms with Crippen LogP contribution in [-0.2, 0) is 19.9 Å². The van der Waals surface area contributed by atoms with E-state index < -0.39 is 0 Å². The molecule has 2 aromatic heterocycles. The van der Waals surface area contributed by atoms with Gasteiger partial charge in [-0.15, -0.1) is 0 Å². The molecule has 1 atom stereocenters. The molecule has 0 spiro atoms. The van der Waals surface area contributed by atoms with Crippen molar-refractivity contribution in [1.29, 1.82) is 0 Å². The highest BCUT2D eigenvalue weighted by Crippen LogP contribution is 2.38. The van der Waals surface area contributed by atoms with Gasteiger partial charge in [-0.05, 0) is 64.5 Å². The predicted molar refractivity (Wildman–Crippen MR) is 91.8 cm³/mol. The number of pyridine rings is 1. The van der Waals surface area contributed by atoms with Gasteiger partial charge in [0.25, 0.3) is 5.56 Å². The summed E-state index contributed by atoms with van der Waals surface area (Å²) in [6.45, 7) is 5.67. The number of fused-ring (bicyclic) bond motifs is 3. The maximum absolute atomic E-state index is 12.4. The number of likely N-dealkylation sites (tertiary alicyclic amines) is 1. The highest BCUT2D eigenvalue weighted by Gasteiger charge is 2.33. The smallest absolute Gasteiger partial charge is 0.253 e. The highest BCUT2D eigenvalue weighted by atomic mass is 16.1. The maximum atomic E-state index is 12.4. The number of hydrogen-bond donors (Lipinski definition) is 1. The number of H-pyrrole nitrogens is 1. The molecule has 0 bridgehead atoms. The minimum atomic E-state index is 0.0916. The zero-order valence-electron chi connectivity index (χ0n) is 14.4. The van der Waals surface area contributed by atoms with Crippen molar-refractivity contribution in [2.45, 2.75) is 64.5 Å². The third kappa shape index (κ3) is 2.24. The van der Waals surface area contributed by atoms with E-state index in [0.29, 0.717) is 12.1 Å². The molecule has 23 heavy (non-hydrogen) atoms. The molecule has 1 aliphatic heterocycles. The fraction of sp³-hybridized carbons (Fsp3) is 0.667. The summed E-state index contributed by atoms with van der Waals surface area (Å²) >= 11 is 0. The van der Waals surface area contributed by atoms with E-state index in [1.54, 1.807) is 0 Å². The van der Waals surface area contributed by atoms with E-state index in [9.17, 15) is 4.79 Å². The normalized spacial score (nSPS) is 22.2. The van der Waals surface area contributed by atoms with Gasteiger partial charge in [0.2, 0.25) is 0 Å². The fourth-order valence-corrected chi connectivity index (χ4v) is 4.53. The lowest BCUT2D eigenvalue weighted by atomic mass is 9.89. The second-order valence-corrected chi connectivity index (χ2v) is 7.34. The van der Waals surface area contributed by atoms with Crippen molar-refractivity contribution < 1.29 is 0 Å². The van der Waals surface area contributed by atoms with Gasteiger partial charge in [0, 0.05) is 24.0 Å². The van der Waals surface area contributed by atoms with Crippen LogP contribution in [0.5, 0.6) is 0 Å². The Morgan fingerprint density at radius 1 is 1.17 bits per heavy atom. The van der Waals surface area contributed by atoms with Gasteiger partial charge in [-0.2, -0.15) is 5.10 Å². The summed E-state index contributed by atoms with van der Waals surface area (Å²) in [6.07, 6.45) is 6.62. The Labute approximate surface area is 136 Å². The maximum Gasteiger partial charge on any atom is 0.253 e. The standard InChI is InChI=1S/C18H26N4O/c1-11(2)22-10-6-9-14(22)16-15-12-7-4-5-8-13(12)18(23)19-17(15)21(3)20-16/h11,14H,4-10H2,1-3H3,(H,19,23)/t14-/m0/s1. The van der Waals surface area contributed by atoms with E-state index in [4.69, 9.17) is 5.10 Å². The third-order valence-electron chi connectivity index (χ3n) is 5.62. The summed E-state index contributed by atoms with van der Waals surface area (Å²) < 4.78 is 1.87. The second-order valence-electron chi connectivity index (χ2n) is 7.34. The van der Waals surface area contributed by atoms with E-state index in [1.807, 2.05) is 11.7 Å². The first-order valence-electron chi connectivity index (χ1n) is 8.94. The van der Waals surface area contributed by atoms with Crippen LogP contribution >= 0.6 is 0 Å².